The Morgan fingerprint density at radius 2 is 1.75 bits per heavy atom. The van der Waals surface area contributed by atoms with Crippen molar-refractivity contribution in [2.24, 2.45) is 0 Å². The van der Waals surface area contributed by atoms with Crippen LogP contribution in [-0.4, -0.2) is 66.0 Å². The van der Waals surface area contributed by atoms with Gasteiger partial charge in [0, 0.05) is 53.1 Å². The minimum atomic E-state index is -0.0840. The van der Waals surface area contributed by atoms with Crippen molar-refractivity contribution < 1.29 is 9.59 Å². The Hall–Kier alpha value is -1.99. The van der Waals surface area contributed by atoms with Gasteiger partial charge in [-0.1, -0.05) is 18.2 Å². The van der Waals surface area contributed by atoms with Crippen LogP contribution in [0.2, 0.25) is 0 Å². The van der Waals surface area contributed by atoms with Gasteiger partial charge in [0.2, 0.25) is 11.8 Å². The van der Waals surface area contributed by atoms with Crippen LogP contribution in [0.5, 0.6) is 0 Å². The molecule has 130 valence electrons. The lowest BCUT2D eigenvalue weighted by molar-refractivity contribution is -0.119. The van der Waals surface area contributed by atoms with Crippen LogP contribution in [0.1, 0.15) is 13.8 Å². The van der Waals surface area contributed by atoms with Gasteiger partial charge in [-0.3, -0.25) is 19.4 Å². The Labute approximate surface area is 148 Å². The number of carbonyl (C=O) groups excluding carboxylic acids is 2. The molecule has 1 aromatic carbocycles. The molecule has 1 aliphatic rings. The third-order valence-corrected chi connectivity index (χ3v) is 4.41. The molecule has 0 spiro atoms. The predicted octanol–water partition coefficient (Wildman–Crippen LogP) is 1.08. The lowest BCUT2D eigenvalue weighted by Gasteiger charge is -2.38. The number of hydrogen-bond donors (Lipinski definition) is 1. The number of nitrogens with one attached hydrogen (secondary N) is 1. The molecule has 1 N–H and O–H groups in total. The molecule has 0 bridgehead atoms. The highest BCUT2D eigenvalue weighted by molar-refractivity contribution is 7.80. The summed E-state index contributed by atoms with van der Waals surface area (Å²) in [7, 11) is 0. The Morgan fingerprint density at radius 3 is 2.29 bits per heavy atom. The maximum atomic E-state index is 12.1. The van der Waals surface area contributed by atoms with E-state index in [1.165, 1.54) is 13.8 Å². The fourth-order valence-corrected chi connectivity index (χ4v) is 3.11. The molecule has 0 aromatic heterocycles. The molecule has 2 amide bonds. The van der Waals surface area contributed by atoms with Crippen LogP contribution in [-0.2, 0) is 9.59 Å². The van der Waals surface area contributed by atoms with Crippen molar-refractivity contribution in [3.8, 4) is 0 Å². The van der Waals surface area contributed by atoms with Gasteiger partial charge in [-0.15, -0.1) is 0 Å². The van der Waals surface area contributed by atoms with Gasteiger partial charge in [0.25, 0.3) is 0 Å². The summed E-state index contributed by atoms with van der Waals surface area (Å²) < 4.78 is 0. The summed E-state index contributed by atoms with van der Waals surface area (Å²) in [5, 5.41) is 3.36. The summed E-state index contributed by atoms with van der Waals surface area (Å²) in [5.41, 5.74) is 0.795. The van der Waals surface area contributed by atoms with Gasteiger partial charge in [0.05, 0.1) is 5.69 Å². The molecule has 2 rings (SSSR count). The third kappa shape index (κ3) is 5.01. The molecule has 0 atom stereocenters. The second-order valence-corrected chi connectivity index (χ2v) is 6.15. The van der Waals surface area contributed by atoms with Crippen molar-refractivity contribution >= 4 is 34.8 Å². The number of hydrogen-bond acceptors (Lipinski definition) is 4. The topological polar surface area (TPSA) is 55.9 Å². The van der Waals surface area contributed by atoms with E-state index in [2.05, 4.69) is 15.1 Å². The lowest BCUT2D eigenvalue weighted by Crippen LogP contribution is -2.54. The van der Waals surface area contributed by atoms with E-state index in [-0.39, 0.29) is 11.8 Å². The Morgan fingerprint density at radius 1 is 1.12 bits per heavy atom. The number of anilines is 1. The van der Waals surface area contributed by atoms with Crippen LogP contribution >= 0.6 is 12.2 Å². The summed E-state index contributed by atoms with van der Waals surface area (Å²) in [6, 6.07) is 9.48. The normalized spacial score (nSPS) is 15.0. The predicted molar refractivity (Wildman–Crippen MR) is 98.9 cm³/mol. The number of carbonyl (C=O) groups is 2. The van der Waals surface area contributed by atoms with Gasteiger partial charge in [0.15, 0.2) is 5.11 Å². The SMILES string of the molecule is CC(=O)NCCN1CCN(C(=S)N(C(C)=O)c2ccccc2)CC1. The van der Waals surface area contributed by atoms with E-state index >= 15 is 0 Å². The van der Waals surface area contributed by atoms with Gasteiger partial charge < -0.3 is 10.2 Å². The summed E-state index contributed by atoms with van der Waals surface area (Å²) in [4.78, 5) is 28.9. The first-order valence-corrected chi connectivity index (χ1v) is 8.51. The van der Waals surface area contributed by atoms with Gasteiger partial charge in [0.1, 0.15) is 0 Å². The number of nitrogens with zero attached hydrogens (tertiary/aromatic N) is 3. The van der Waals surface area contributed by atoms with E-state index < -0.39 is 0 Å². The Kier molecular flexibility index (Phi) is 6.69. The van der Waals surface area contributed by atoms with Crippen LogP contribution in [0, 0.1) is 0 Å². The highest BCUT2D eigenvalue weighted by Crippen LogP contribution is 2.17. The summed E-state index contributed by atoms with van der Waals surface area (Å²) in [6.07, 6.45) is 0. The van der Waals surface area contributed by atoms with Crippen LogP contribution in [0.25, 0.3) is 0 Å². The van der Waals surface area contributed by atoms with Gasteiger partial charge in [-0.05, 0) is 24.4 Å². The van der Waals surface area contributed by atoms with Crippen LogP contribution in [0.3, 0.4) is 0 Å². The largest absolute Gasteiger partial charge is 0.355 e. The number of thiocarbonyl (C=S) groups is 1. The Bertz CT molecular complexity index is 586. The molecule has 6 nitrogen and oxygen atoms in total. The van der Waals surface area contributed by atoms with Crippen molar-refractivity contribution in [2.45, 2.75) is 13.8 Å². The average Bonchev–Trinajstić information content (AvgIpc) is 2.56. The van der Waals surface area contributed by atoms with E-state index in [1.807, 2.05) is 30.3 Å². The minimum absolute atomic E-state index is 0.00484. The number of amides is 2. The average molecular weight is 348 g/mol. The maximum Gasteiger partial charge on any atom is 0.230 e. The van der Waals surface area contributed by atoms with Crippen LogP contribution in [0.15, 0.2) is 30.3 Å². The molecule has 1 heterocycles. The van der Waals surface area contributed by atoms with Crippen LogP contribution in [0.4, 0.5) is 5.69 Å². The molecule has 1 aromatic rings. The highest BCUT2D eigenvalue weighted by atomic mass is 32.1. The maximum absolute atomic E-state index is 12.1. The molecular formula is C17H24N4O2S. The van der Waals surface area contributed by atoms with E-state index in [9.17, 15) is 9.59 Å². The second kappa shape index (κ2) is 8.75. The van der Waals surface area contributed by atoms with Crippen LogP contribution < -0.4 is 10.2 Å². The molecular weight excluding hydrogens is 324 g/mol. The zero-order valence-corrected chi connectivity index (χ0v) is 15.0. The molecule has 0 aliphatic carbocycles. The molecule has 1 aliphatic heterocycles. The van der Waals surface area contributed by atoms with Crippen molar-refractivity contribution in [3.05, 3.63) is 30.3 Å². The van der Waals surface area contributed by atoms with Gasteiger partial charge >= 0.3 is 0 Å². The van der Waals surface area contributed by atoms with Gasteiger partial charge in [-0.25, -0.2) is 0 Å². The lowest BCUT2D eigenvalue weighted by atomic mass is 10.2. The number of rotatable bonds is 4. The fourth-order valence-electron chi connectivity index (χ4n) is 2.70. The molecule has 1 fully saturated rings. The first kappa shape index (κ1) is 18.4. The quantitative estimate of drug-likeness (QED) is 0.825. The van der Waals surface area contributed by atoms with Crippen molar-refractivity contribution in [3.63, 3.8) is 0 Å². The first-order valence-electron chi connectivity index (χ1n) is 8.10. The summed E-state index contributed by atoms with van der Waals surface area (Å²) in [6.45, 7) is 7.81. The molecule has 0 saturated carbocycles. The number of piperazine rings is 1. The van der Waals surface area contributed by atoms with Crippen molar-refractivity contribution in [1.29, 1.82) is 0 Å². The highest BCUT2D eigenvalue weighted by Gasteiger charge is 2.25. The standard InChI is InChI=1S/C17H24N4O2S/c1-14(22)18-8-9-19-10-12-20(13-11-19)17(24)21(15(2)23)16-6-4-3-5-7-16/h3-7H,8-13H2,1-2H3,(H,18,22). The molecule has 24 heavy (non-hydrogen) atoms. The van der Waals surface area contributed by atoms with Gasteiger partial charge in [-0.2, -0.15) is 0 Å². The zero-order chi connectivity index (χ0) is 17.5. The molecule has 1 saturated heterocycles. The second-order valence-electron chi connectivity index (χ2n) is 5.78. The number of benzene rings is 1. The molecule has 0 radical (unpaired) electrons. The van der Waals surface area contributed by atoms with E-state index in [1.54, 1.807) is 4.90 Å². The minimum Gasteiger partial charge on any atom is -0.355 e. The monoisotopic (exact) mass is 348 g/mol. The van der Waals surface area contributed by atoms with E-state index in [4.69, 9.17) is 12.2 Å². The number of para-hydroxylation sites is 1. The van der Waals surface area contributed by atoms with E-state index in [0.717, 1.165) is 38.4 Å². The van der Waals surface area contributed by atoms with Crippen molar-refractivity contribution in [2.75, 3.05) is 44.2 Å². The fraction of sp³-hybridized carbons (Fsp3) is 0.471. The molecule has 7 heteroatoms. The first-order chi connectivity index (χ1) is 11.5. The third-order valence-electron chi connectivity index (χ3n) is 3.97. The summed E-state index contributed by atoms with van der Waals surface area (Å²) in [5.74, 6) is -0.0888. The van der Waals surface area contributed by atoms with E-state index in [0.29, 0.717) is 11.7 Å². The smallest absolute Gasteiger partial charge is 0.230 e. The molecule has 0 unspecified atom stereocenters. The van der Waals surface area contributed by atoms with Crippen molar-refractivity contribution in [1.82, 2.24) is 15.1 Å². The Balaban J connectivity index is 1.91. The zero-order valence-electron chi connectivity index (χ0n) is 14.2. The summed E-state index contributed by atoms with van der Waals surface area (Å²) >= 11 is 5.57.